The molecule has 5 aliphatic rings. The minimum Gasteiger partial charge on any atom is -0.472 e. The summed E-state index contributed by atoms with van der Waals surface area (Å²) in [5, 5.41) is 11.2. The van der Waals surface area contributed by atoms with E-state index in [1.807, 2.05) is 13.0 Å². The molecule has 4 fully saturated rings. The van der Waals surface area contributed by atoms with Crippen LogP contribution in [-0.4, -0.2) is 41.5 Å². The summed E-state index contributed by atoms with van der Waals surface area (Å²) in [4.78, 5) is 25.6. The van der Waals surface area contributed by atoms with Gasteiger partial charge in [-0.25, -0.2) is 9.59 Å². The van der Waals surface area contributed by atoms with Crippen molar-refractivity contribution >= 4 is 11.9 Å². The van der Waals surface area contributed by atoms with Crippen molar-refractivity contribution in [3.8, 4) is 0 Å². The molecule has 142 valence electrons. The Hall–Kier alpha value is -2.12. The quantitative estimate of drug-likeness (QED) is 0.749. The van der Waals surface area contributed by atoms with Crippen molar-refractivity contribution in [2.45, 2.75) is 50.1 Å². The van der Waals surface area contributed by atoms with Gasteiger partial charge in [0, 0.05) is 27.9 Å². The van der Waals surface area contributed by atoms with Crippen LogP contribution in [0.15, 0.2) is 34.7 Å². The fourth-order valence-corrected chi connectivity index (χ4v) is 6.79. The van der Waals surface area contributed by atoms with Gasteiger partial charge in [-0.2, -0.15) is 0 Å². The monoisotopic (exact) mass is 372 g/mol. The van der Waals surface area contributed by atoms with Gasteiger partial charge in [-0.3, -0.25) is 0 Å². The molecule has 2 bridgehead atoms. The van der Waals surface area contributed by atoms with E-state index in [0.717, 1.165) is 5.56 Å². The minimum atomic E-state index is -1.40. The second kappa shape index (κ2) is 4.64. The smallest absolute Gasteiger partial charge is 0.342 e. The summed E-state index contributed by atoms with van der Waals surface area (Å²) in [5.41, 5.74) is -1.26. The first kappa shape index (κ1) is 15.9. The predicted octanol–water partition coefficient (Wildman–Crippen LogP) is 1.67. The van der Waals surface area contributed by atoms with Crippen molar-refractivity contribution < 1.29 is 33.3 Å². The van der Waals surface area contributed by atoms with Crippen LogP contribution in [0.5, 0.6) is 0 Å². The summed E-state index contributed by atoms with van der Waals surface area (Å²) in [5.74, 6) is -0.929. The van der Waals surface area contributed by atoms with Crippen LogP contribution in [0, 0.1) is 16.7 Å². The Balaban J connectivity index is 1.54. The molecular weight excluding hydrogens is 352 g/mol. The zero-order valence-corrected chi connectivity index (χ0v) is 14.8. The van der Waals surface area contributed by atoms with Gasteiger partial charge in [-0.15, -0.1) is 0 Å². The number of hydrogen-bond donors (Lipinski definition) is 1. The normalized spacial score (nSPS) is 49.8. The number of carbonyl (C=O) groups excluding carboxylic acids is 2. The lowest BCUT2D eigenvalue weighted by atomic mass is 9.45. The number of cyclic esters (lactones) is 2. The second-order valence-electron chi connectivity index (χ2n) is 8.75. The van der Waals surface area contributed by atoms with Gasteiger partial charge in [0.05, 0.1) is 24.7 Å². The highest BCUT2D eigenvalue weighted by Gasteiger charge is 2.81. The molecule has 0 amide bonds. The minimum absolute atomic E-state index is 0.0953. The van der Waals surface area contributed by atoms with E-state index in [2.05, 4.69) is 0 Å². The van der Waals surface area contributed by atoms with Crippen LogP contribution in [0.1, 0.15) is 37.9 Å². The molecule has 27 heavy (non-hydrogen) atoms. The summed E-state index contributed by atoms with van der Waals surface area (Å²) in [7, 11) is 0. The van der Waals surface area contributed by atoms with Gasteiger partial charge in [0.25, 0.3) is 0 Å². The molecule has 3 saturated heterocycles. The van der Waals surface area contributed by atoms with Crippen molar-refractivity contribution in [2.24, 2.45) is 16.7 Å². The largest absolute Gasteiger partial charge is 0.472 e. The maximum Gasteiger partial charge on any atom is 0.342 e. The molecule has 4 heterocycles. The van der Waals surface area contributed by atoms with Gasteiger partial charge >= 0.3 is 11.9 Å². The van der Waals surface area contributed by atoms with Crippen LogP contribution >= 0.6 is 0 Å². The van der Waals surface area contributed by atoms with E-state index in [1.54, 1.807) is 18.6 Å². The zero-order chi connectivity index (χ0) is 18.6. The van der Waals surface area contributed by atoms with E-state index in [1.165, 1.54) is 0 Å². The number of hydrogen-bond acceptors (Lipinski definition) is 7. The van der Waals surface area contributed by atoms with Crippen LogP contribution in [0.25, 0.3) is 0 Å². The first-order valence-corrected chi connectivity index (χ1v) is 9.39. The van der Waals surface area contributed by atoms with E-state index < -0.39 is 34.6 Å². The number of rotatable bonds is 1. The van der Waals surface area contributed by atoms with Gasteiger partial charge < -0.3 is 23.7 Å². The van der Waals surface area contributed by atoms with Crippen LogP contribution in [0.2, 0.25) is 0 Å². The molecule has 1 saturated carbocycles. The molecule has 6 rings (SSSR count). The number of aliphatic hydroxyl groups excluding tert-OH is 1. The van der Waals surface area contributed by atoms with Crippen LogP contribution < -0.4 is 0 Å². The highest BCUT2D eigenvalue weighted by molar-refractivity contribution is 5.93. The van der Waals surface area contributed by atoms with E-state index in [-0.39, 0.29) is 31.0 Å². The predicted molar refractivity (Wildman–Crippen MR) is 88.1 cm³/mol. The molecule has 1 N–H and O–H groups in total. The number of carbonyl (C=O) groups is 2. The fourth-order valence-electron chi connectivity index (χ4n) is 6.79. The highest BCUT2D eigenvalue weighted by atomic mass is 16.6. The Morgan fingerprint density at radius 2 is 2.11 bits per heavy atom. The van der Waals surface area contributed by atoms with Crippen LogP contribution in [0.4, 0.5) is 0 Å². The van der Waals surface area contributed by atoms with Gasteiger partial charge in [-0.1, -0.05) is 13.0 Å². The maximum absolute atomic E-state index is 13.2. The topological polar surface area (TPSA) is 95.2 Å². The first-order chi connectivity index (χ1) is 12.9. The lowest BCUT2D eigenvalue weighted by molar-refractivity contribution is -0.239. The molecule has 0 radical (unpaired) electrons. The molecule has 7 heteroatoms. The SMILES string of the molecule is C[C@]12C[C@H](c3ccoc3)OC(=O)[C@@]13O[C@@H]1CC=C4C(=O)OC[C@@]4(C[C@H]3O)C12. The van der Waals surface area contributed by atoms with Crippen LogP contribution in [0.3, 0.4) is 0 Å². The fraction of sp³-hybridized carbons (Fsp3) is 0.600. The molecule has 1 aromatic rings. The van der Waals surface area contributed by atoms with E-state index in [0.29, 0.717) is 18.4 Å². The molecule has 1 spiro atoms. The lowest BCUT2D eigenvalue weighted by Crippen LogP contribution is -2.69. The van der Waals surface area contributed by atoms with Crippen LogP contribution in [-0.2, 0) is 23.8 Å². The number of esters is 2. The Morgan fingerprint density at radius 1 is 1.26 bits per heavy atom. The van der Waals surface area contributed by atoms with E-state index in [9.17, 15) is 14.7 Å². The highest BCUT2D eigenvalue weighted by Crippen LogP contribution is 2.73. The standard InChI is InChI=1S/C20H20O7/c1-18-6-13(10-4-5-24-8-10)26-17(23)20(18)14(21)7-19-9-25-16(22)11(19)2-3-12(27-20)15(18)19/h2,4-5,8,12-15,21H,3,6-7,9H2,1H3/t12-,13-,14-,15?,18-,19-,20-/m1/s1. The summed E-state index contributed by atoms with van der Waals surface area (Å²) >= 11 is 0. The Morgan fingerprint density at radius 3 is 2.89 bits per heavy atom. The van der Waals surface area contributed by atoms with Crippen molar-refractivity contribution in [1.29, 1.82) is 0 Å². The zero-order valence-electron chi connectivity index (χ0n) is 14.8. The third kappa shape index (κ3) is 1.55. The Bertz CT molecular complexity index is 888. The van der Waals surface area contributed by atoms with Gasteiger partial charge in [0.1, 0.15) is 12.7 Å². The second-order valence-corrected chi connectivity index (χ2v) is 8.75. The van der Waals surface area contributed by atoms with E-state index in [4.69, 9.17) is 18.6 Å². The molecular formula is C20H20O7. The summed E-state index contributed by atoms with van der Waals surface area (Å²) < 4.78 is 22.6. The molecule has 0 aromatic carbocycles. The Labute approximate surface area is 155 Å². The van der Waals surface area contributed by atoms with Gasteiger partial charge in [0.2, 0.25) is 0 Å². The maximum atomic E-state index is 13.2. The third-order valence-corrected chi connectivity index (χ3v) is 7.71. The number of ether oxygens (including phenoxy) is 3. The average molecular weight is 372 g/mol. The average Bonchev–Trinajstić information content (AvgIpc) is 3.30. The van der Waals surface area contributed by atoms with Gasteiger partial charge in [-0.05, 0) is 25.3 Å². The Kier molecular flexibility index (Phi) is 2.73. The first-order valence-electron chi connectivity index (χ1n) is 9.39. The van der Waals surface area contributed by atoms with Crippen molar-refractivity contribution in [3.05, 3.63) is 35.8 Å². The molecule has 1 unspecified atom stereocenters. The third-order valence-electron chi connectivity index (χ3n) is 7.71. The van der Waals surface area contributed by atoms with Crippen molar-refractivity contribution in [3.63, 3.8) is 0 Å². The van der Waals surface area contributed by atoms with Gasteiger partial charge in [0.15, 0.2) is 5.60 Å². The van der Waals surface area contributed by atoms with E-state index >= 15 is 0 Å². The molecule has 7 nitrogen and oxygen atoms in total. The lowest BCUT2D eigenvalue weighted by Gasteiger charge is -2.58. The summed E-state index contributed by atoms with van der Waals surface area (Å²) in [6, 6.07) is 1.79. The number of furan rings is 1. The molecule has 7 atom stereocenters. The molecule has 2 aliphatic carbocycles. The molecule has 3 aliphatic heterocycles. The van der Waals surface area contributed by atoms with Crippen molar-refractivity contribution in [1.82, 2.24) is 0 Å². The van der Waals surface area contributed by atoms with Crippen molar-refractivity contribution in [2.75, 3.05) is 6.61 Å². The summed E-state index contributed by atoms with van der Waals surface area (Å²) in [6.07, 6.45) is 4.53. The number of aliphatic hydroxyl groups is 1. The summed E-state index contributed by atoms with van der Waals surface area (Å²) in [6.45, 7) is 2.23. The molecule has 1 aromatic heterocycles.